The molecule has 1 atom stereocenters. The molecule has 0 aliphatic rings. The number of aliphatic hydroxyl groups is 1. The number of hydrogen-bond donors (Lipinski definition) is 2. The first-order valence-electron chi connectivity index (χ1n) is 5.36. The molecule has 94 valence electrons. The van der Waals surface area contributed by atoms with Gasteiger partial charge in [-0.15, -0.1) is 0 Å². The van der Waals surface area contributed by atoms with Gasteiger partial charge >= 0.3 is 6.03 Å². The second kappa shape index (κ2) is 5.89. The Balaban J connectivity index is 2.71. The first kappa shape index (κ1) is 13.8. The Morgan fingerprint density at radius 3 is 2.76 bits per heavy atom. The highest BCUT2D eigenvalue weighted by Gasteiger charge is 2.14. The average Bonchev–Trinajstić information content (AvgIpc) is 2.31. The van der Waals surface area contributed by atoms with Crippen LogP contribution in [0.1, 0.15) is 12.5 Å². The van der Waals surface area contributed by atoms with Crippen molar-refractivity contribution in [2.75, 3.05) is 19.0 Å². The van der Waals surface area contributed by atoms with Crippen LogP contribution in [0, 0.1) is 6.92 Å². The van der Waals surface area contributed by atoms with Crippen molar-refractivity contribution in [1.82, 2.24) is 4.90 Å². The third kappa shape index (κ3) is 3.61. The molecule has 0 aromatic heterocycles. The number of hydrogen-bond acceptors (Lipinski definition) is 2. The molecule has 0 bridgehead atoms. The van der Waals surface area contributed by atoms with E-state index in [9.17, 15) is 4.79 Å². The Morgan fingerprint density at radius 2 is 2.24 bits per heavy atom. The number of amides is 2. The SMILES string of the molecule is Cc1ccc(NC(=O)N(C)C(C)CO)cc1Cl. The van der Waals surface area contributed by atoms with Gasteiger partial charge in [0.25, 0.3) is 0 Å². The van der Waals surface area contributed by atoms with E-state index in [0.717, 1.165) is 5.56 Å². The normalized spacial score (nSPS) is 12.1. The lowest BCUT2D eigenvalue weighted by Crippen LogP contribution is -2.40. The van der Waals surface area contributed by atoms with E-state index in [1.165, 1.54) is 4.90 Å². The number of nitrogens with zero attached hydrogens (tertiary/aromatic N) is 1. The summed E-state index contributed by atoms with van der Waals surface area (Å²) in [6.45, 7) is 3.59. The van der Waals surface area contributed by atoms with Gasteiger partial charge in [-0.25, -0.2) is 4.79 Å². The molecule has 1 unspecified atom stereocenters. The van der Waals surface area contributed by atoms with Crippen molar-refractivity contribution in [1.29, 1.82) is 0 Å². The van der Waals surface area contributed by atoms with Crippen LogP contribution in [0.15, 0.2) is 18.2 Å². The molecule has 2 amide bonds. The molecule has 0 radical (unpaired) electrons. The number of anilines is 1. The molecule has 1 rings (SSSR count). The Morgan fingerprint density at radius 1 is 1.59 bits per heavy atom. The van der Waals surface area contributed by atoms with Crippen molar-refractivity contribution in [3.63, 3.8) is 0 Å². The van der Waals surface area contributed by atoms with E-state index in [-0.39, 0.29) is 18.7 Å². The number of aliphatic hydroxyl groups excluding tert-OH is 1. The maximum Gasteiger partial charge on any atom is 0.321 e. The van der Waals surface area contributed by atoms with Gasteiger partial charge in [-0.05, 0) is 31.5 Å². The van der Waals surface area contributed by atoms with Crippen LogP contribution in [0.4, 0.5) is 10.5 Å². The third-order valence-electron chi connectivity index (χ3n) is 2.67. The largest absolute Gasteiger partial charge is 0.394 e. The minimum atomic E-state index is -0.272. The number of carbonyl (C=O) groups is 1. The Kier molecular flexibility index (Phi) is 4.78. The molecule has 0 aliphatic heterocycles. The van der Waals surface area contributed by atoms with Crippen molar-refractivity contribution in [2.45, 2.75) is 19.9 Å². The Hall–Kier alpha value is -1.26. The quantitative estimate of drug-likeness (QED) is 0.873. The van der Waals surface area contributed by atoms with E-state index in [1.54, 1.807) is 26.1 Å². The summed E-state index contributed by atoms with van der Waals surface area (Å²) in [6.07, 6.45) is 0. The monoisotopic (exact) mass is 256 g/mol. The van der Waals surface area contributed by atoms with Crippen LogP contribution in [-0.2, 0) is 0 Å². The summed E-state index contributed by atoms with van der Waals surface area (Å²) < 4.78 is 0. The Bertz CT molecular complexity index is 409. The molecular formula is C12H17ClN2O2. The van der Waals surface area contributed by atoms with E-state index in [0.29, 0.717) is 10.7 Å². The number of benzene rings is 1. The summed E-state index contributed by atoms with van der Waals surface area (Å²) in [5.74, 6) is 0. The molecule has 0 aliphatic carbocycles. The molecule has 1 aromatic rings. The van der Waals surface area contributed by atoms with Gasteiger partial charge in [0.05, 0.1) is 12.6 Å². The molecule has 17 heavy (non-hydrogen) atoms. The topological polar surface area (TPSA) is 52.6 Å². The molecule has 0 saturated heterocycles. The number of likely N-dealkylation sites (N-methyl/N-ethyl adjacent to an activating group) is 1. The van der Waals surface area contributed by atoms with Gasteiger partial charge in [0.1, 0.15) is 0 Å². The van der Waals surface area contributed by atoms with E-state index in [4.69, 9.17) is 16.7 Å². The predicted octanol–water partition coefficient (Wildman–Crippen LogP) is 2.49. The number of nitrogens with one attached hydrogen (secondary N) is 1. The minimum Gasteiger partial charge on any atom is -0.394 e. The first-order valence-corrected chi connectivity index (χ1v) is 5.74. The maximum absolute atomic E-state index is 11.8. The number of aryl methyl sites for hydroxylation is 1. The maximum atomic E-state index is 11.8. The van der Waals surface area contributed by atoms with Crippen molar-refractivity contribution in [3.8, 4) is 0 Å². The van der Waals surface area contributed by atoms with E-state index in [2.05, 4.69) is 5.32 Å². The fraction of sp³-hybridized carbons (Fsp3) is 0.417. The molecule has 2 N–H and O–H groups in total. The molecule has 0 heterocycles. The summed E-state index contributed by atoms with van der Waals surface area (Å²) >= 11 is 5.96. The number of urea groups is 1. The fourth-order valence-corrected chi connectivity index (χ4v) is 1.39. The second-order valence-electron chi connectivity index (χ2n) is 4.04. The van der Waals surface area contributed by atoms with Gasteiger partial charge in [0.2, 0.25) is 0 Å². The predicted molar refractivity (Wildman–Crippen MR) is 69.5 cm³/mol. The smallest absolute Gasteiger partial charge is 0.321 e. The van der Waals surface area contributed by atoms with Crippen molar-refractivity contribution < 1.29 is 9.90 Å². The van der Waals surface area contributed by atoms with Crippen LogP contribution >= 0.6 is 11.6 Å². The van der Waals surface area contributed by atoms with E-state index >= 15 is 0 Å². The molecule has 0 spiro atoms. The van der Waals surface area contributed by atoms with Gasteiger partial charge < -0.3 is 15.3 Å². The van der Waals surface area contributed by atoms with Crippen LogP contribution in [0.2, 0.25) is 5.02 Å². The van der Waals surface area contributed by atoms with Crippen molar-refractivity contribution >= 4 is 23.3 Å². The Labute approximate surface area is 106 Å². The lowest BCUT2D eigenvalue weighted by atomic mass is 10.2. The number of halogens is 1. The molecular weight excluding hydrogens is 240 g/mol. The van der Waals surface area contributed by atoms with Gasteiger partial charge in [-0.1, -0.05) is 17.7 Å². The van der Waals surface area contributed by atoms with Crippen LogP contribution < -0.4 is 5.32 Å². The highest BCUT2D eigenvalue weighted by Crippen LogP contribution is 2.20. The van der Waals surface area contributed by atoms with Crippen LogP contribution in [0.25, 0.3) is 0 Å². The van der Waals surface area contributed by atoms with Gasteiger partial charge in [-0.2, -0.15) is 0 Å². The summed E-state index contributed by atoms with van der Waals surface area (Å²) in [5, 5.41) is 12.3. The molecule has 4 nitrogen and oxygen atoms in total. The van der Waals surface area contributed by atoms with Crippen LogP contribution in [0.3, 0.4) is 0 Å². The fourth-order valence-electron chi connectivity index (χ4n) is 1.20. The standard InChI is InChI=1S/C12H17ClN2O2/c1-8-4-5-10(6-11(8)13)14-12(17)15(3)9(2)7-16/h4-6,9,16H,7H2,1-3H3,(H,14,17). The van der Waals surface area contributed by atoms with E-state index in [1.807, 2.05) is 13.0 Å². The second-order valence-corrected chi connectivity index (χ2v) is 4.44. The van der Waals surface area contributed by atoms with Gasteiger partial charge in [-0.3, -0.25) is 0 Å². The average molecular weight is 257 g/mol. The molecule has 0 saturated carbocycles. The zero-order valence-corrected chi connectivity index (χ0v) is 11.0. The molecule has 5 heteroatoms. The summed E-state index contributed by atoms with van der Waals surface area (Å²) in [6, 6.07) is 4.83. The zero-order valence-electron chi connectivity index (χ0n) is 10.2. The van der Waals surface area contributed by atoms with Crippen LogP contribution in [0.5, 0.6) is 0 Å². The molecule has 1 aromatic carbocycles. The van der Waals surface area contributed by atoms with E-state index < -0.39 is 0 Å². The third-order valence-corrected chi connectivity index (χ3v) is 3.08. The minimum absolute atomic E-state index is 0.0709. The van der Waals surface area contributed by atoms with Crippen molar-refractivity contribution in [2.24, 2.45) is 0 Å². The summed E-state index contributed by atoms with van der Waals surface area (Å²) in [5.41, 5.74) is 1.60. The first-order chi connectivity index (χ1) is 7.95. The molecule has 0 fully saturated rings. The number of rotatable bonds is 3. The van der Waals surface area contributed by atoms with Crippen molar-refractivity contribution in [3.05, 3.63) is 28.8 Å². The van der Waals surface area contributed by atoms with Crippen LogP contribution in [-0.4, -0.2) is 35.7 Å². The highest BCUT2D eigenvalue weighted by atomic mass is 35.5. The summed E-state index contributed by atoms with van der Waals surface area (Å²) in [4.78, 5) is 13.2. The van der Waals surface area contributed by atoms with Gasteiger partial charge in [0, 0.05) is 17.8 Å². The zero-order chi connectivity index (χ0) is 13.0. The van der Waals surface area contributed by atoms with Gasteiger partial charge in [0.15, 0.2) is 0 Å². The summed E-state index contributed by atoms with van der Waals surface area (Å²) in [7, 11) is 1.63. The lowest BCUT2D eigenvalue weighted by molar-refractivity contribution is 0.166. The lowest BCUT2D eigenvalue weighted by Gasteiger charge is -2.23. The highest BCUT2D eigenvalue weighted by molar-refractivity contribution is 6.31. The number of carbonyl (C=O) groups excluding carboxylic acids is 1.